The third-order valence-electron chi connectivity index (χ3n) is 3.67. The number of hydrogen-bond donors (Lipinski definition) is 1. The maximum Gasteiger partial charge on any atom is 0.160 e. The van der Waals surface area contributed by atoms with Crippen molar-refractivity contribution in [2.45, 2.75) is 6.54 Å². The number of aromatic nitrogens is 3. The summed E-state index contributed by atoms with van der Waals surface area (Å²) < 4.78 is 7.49. The maximum atomic E-state index is 4.82. The zero-order valence-corrected chi connectivity index (χ0v) is 12.9. The Morgan fingerprint density at radius 2 is 2.09 bits per heavy atom. The van der Waals surface area contributed by atoms with Crippen molar-refractivity contribution in [3.8, 4) is 0 Å². The summed E-state index contributed by atoms with van der Waals surface area (Å²) in [5, 5.41) is 0. The van der Waals surface area contributed by atoms with Crippen LogP contribution in [-0.2, 0) is 6.54 Å². The van der Waals surface area contributed by atoms with Crippen molar-refractivity contribution in [2.75, 3.05) is 7.05 Å². The second kappa shape index (κ2) is 5.38. The van der Waals surface area contributed by atoms with E-state index in [1.165, 1.54) is 0 Å². The van der Waals surface area contributed by atoms with E-state index in [-0.39, 0.29) is 0 Å². The number of rotatable bonds is 3. The molecular formula is C16H15N5S. The van der Waals surface area contributed by atoms with Crippen LogP contribution in [-0.4, -0.2) is 25.9 Å². The average Bonchev–Trinajstić information content (AvgIpc) is 3.12. The molecule has 0 radical (unpaired) electrons. The van der Waals surface area contributed by atoms with Crippen LogP contribution in [0.2, 0.25) is 0 Å². The molecule has 0 spiro atoms. The summed E-state index contributed by atoms with van der Waals surface area (Å²) in [5.74, 6) is 0.963. The predicted octanol–water partition coefficient (Wildman–Crippen LogP) is 2.88. The highest BCUT2D eigenvalue weighted by atomic mass is 32.2. The first kappa shape index (κ1) is 13.2. The molecular weight excluding hydrogens is 294 g/mol. The third kappa shape index (κ3) is 2.21. The van der Waals surface area contributed by atoms with Gasteiger partial charge in [-0.3, -0.25) is 9.29 Å². The lowest BCUT2D eigenvalue weighted by atomic mass is 10.2. The normalized spacial score (nSPS) is 14.2. The van der Waals surface area contributed by atoms with Crippen molar-refractivity contribution in [1.82, 2.24) is 23.6 Å². The van der Waals surface area contributed by atoms with Gasteiger partial charge in [-0.15, -0.1) is 0 Å². The molecule has 110 valence electrons. The molecule has 6 heteroatoms. The second-order valence-electron chi connectivity index (χ2n) is 5.11. The number of fused-ring (bicyclic) bond motifs is 1. The third-order valence-corrected chi connectivity index (χ3v) is 4.37. The number of benzene rings is 1. The summed E-state index contributed by atoms with van der Waals surface area (Å²) in [6.45, 7) is 0.750. The van der Waals surface area contributed by atoms with Crippen molar-refractivity contribution in [1.29, 1.82) is 0 Å². The molecule has 0 amide bonds. The SMILES string of the molecule is CN1SNC=C1c1nc2ccccc2n1Cc1cccnc1. The number of nitrogens with zero attached hydrogens (tertiary/aromatic N) is 4. The highest BCUT2D eigenvalue weighted by molar-refractivity contribution is 7.95. The number of nitrogens with one attached hydrogen (secondary N) is 1. The summed E-state index contributed by atoms with van der Waals surface area (Å²) in [6, 6.07) is 12.3. The van der Waals surface area contributed by atoms with Crippen LogP contribution in [0.25, 0.3) is 16.7 Å². The van der Waals surface area contributed by atoms with Crippen molar-refractivity contribution in [2.24, 2.45) is 0 Å². The van der Waals surface area contributed by atoms with Crippen LogP contribution < -0.4 is 4.72 Å². The van der Waals surface area contributed by atoms with Crippen LogP contribution in [0.1, 0.15) is 11.4 Å². The minimum Gasteiger partial charge on any atom is -0.318 e. The minimum absolute atomic E-state index is 0.750. The van der Waals surface area contributed by atoms with Gasteiger partial charge in [-0.1, -0.05) is 18.2 Å². The summed E-state index contributed by atoms with van der Waals surface area (Å²) in [7, 11) is 2.03. The molecule has 0 bridgehead atoms. The lowest BCUT2D eigenvalue weighted by Gasteiger charge is -2.14. The van der Waals surface area contributed by atoms with Crippen LogP contribution in [0.15, 0.2) is 55.0 Å². The Labute approximate surface area is 132 Å². The Bertz CT molecular complexity index is 840. The van der Waals surface area contributed by atoms with Gasteiger partial charge in [0.15, 0.2) is 5.82 Å². The van der Waals surface area contributed by atoms with Gasteiger partial charge in [0.1, 0.15) is 5.70 Å². The van der Waals surface area contributed by atoms with Gasteiger partial charge in [-0.05, 0) is 23.8 Å². The lowest BCUT2D eigenvalue weighted by Crippen LogP contribution is -2.11. The first-order valence-electron chi connectivity index (χ1n) is 7.04. The molecule has 0 saturated carbocycles. The quantitative estimate of drug-likeness (QED) is 0.754. The van der Waals surface area contributed by atoms with Gasteiger partial charge >= 0.3 is 0 Å². The van der Waals surface area contributed by atoms with Gasteiger partial charge in [0.25, 0.3) is 0 Å². The van der Waals surface area contributed by atoms with E-state index in [0.29, 0.717) is 0 Å². The van der Waals surface area contributed by atoms with Crippen LogP contribution >= 0.6 is 12.1 Å². The standard InChI is InChI=1S/C16H15N5S/c1-20-15(10-18-22-20)16-19-13-6-2-3-7-14(13)21(16)11-12-5-4-8-17-9-12/h2-10,18H,11H2,1H3. The average molecular weight is 309 g/mol. The highest BCUT2D eigenvalue weighted by Gasteiger charge is 2.21. The fraction of sp³-hybridized carbons (Fsp3) is 0.125. The van der Waals surface area contributed by atoms with E-state index in [2.05, 4.69) is 36.8 Å². The number of pyridine rings is 1. The first-order valence-corrected chi connectivity index (χ1v) is 7.81. The number of imidazole rings is 1. The molecule has 1 aliphatic heterocycles. The fourth-order valence-electron chi connectivity index (χ4n) is 2.61. The van der Waals surface area contributed by atoms with E-state index >= 15 is 0 Å². The van der Waals surface area contributed by atoms with E-state index in [0.717, 1.165) is 34.7 Å². The van der Waals surface area contributed by atoms with Crippen LogP contribution in [0.4, 0.5) is 0 Å². The topological polar surface area (TPSA) is 46.0 Å². The molecule has 5 nitrogen and oxygen atoms in total. The molecule has 0 unspecified atom stereocenters. The second-order valence-corrected chi connectivity index (χ2v) is 6.07. The van der Waals surface area contributed by atoms with Gasteiger partial charge < -0.3 is 9.29 Å². The van der Waals surface area contributed by atoms with Gasteiger partial charge in [0.2, 0.25) is 0 Å². The molecule has 0 saturated heterocycles. The predicted molar refractivity (Wildman–Crippen MR) is 89.5 cm³/mol. The van der Waals surface area contributed by atoms with Crippen molar-refractivity contribution >= 4 is 28.9 Å². The smallest absolute Gasteiger partial charge is 0.160 e. The first-order chi connectivity index (χ1) is 10.8. The van der Waals surface area contributed by atoms with E-state index < -0.39 is 0 Å². The van der Waals surface area contributed by atoms with E-state index in [1.807, 2.05) is 37.6 Å². The highest BCUT2D eigenvalue weighted by Crippen LogP contribution is 2.30. The van der Waals surface area contributed by atoms with Gasteiger partial charge in [0, 0.05) is 25.6 Å². The van der Waals surface area contributed by atoms with Crippen molar-refractivity contribution < 1.29 is 0 Å². The Morgan fingerprint density at radius 3 is 2.86 bits per heavy atom. The summed E-state index contributed by atoms with van der Waals surface area (Å²) >= 11 is 1.55. The molecule has 4 rings (SSSR count). The summed E-state index contributed by atoms with van der Waals surface area (Å²) in [6.07, 6.45) is 5.69. The van der Waals surface area contributed by atoms with Crippen LogP contribution in [0.3, 0.4) is 0 Å². The largest absolute Gasteiger partial charge is 0.318 e. The Kier molecular flexibility index (Phi) is 3.23. The molecule has 22 heavy (non-hydrogen) atoms. The van der Waals surface area contributed by atoms with E-state index in [9.17, 15) is 0 Å². The van der Waals surface area contributed by atoms with Crippen LogP contribution in [0, 0.1) is 0 Å². The van der Waals surface area contributed by atoms with E-state index in [4.69, 9.17) is 4.98 Å². The molecule has 0 fully saturated rings. The van der Waals surface area contributed by atoms with Crippen molar-refractivity contribution in [3.63, 3.8) is 0 Å². The zero-order chi connectivity index (χ0) is 14.9. The molecule has 3 heterocycles. The van der Waals surface area contributed by atoms with Gasteiger partial charge in [-0.2, -0.15) is 0 Å². The van der Waals surface area contributed by atoms with Gasteiger partial charge in [-0.25, -0.2) is 4.98 Å². The minimum atomic E-state index is 0.750. The number of hydrogen-bond acceptors (Lipinski definition) is 5. The van der Waals surface area contributed by atoms with Gasteiger partial charge in [0.05, 0.1) is 29.7 Å². The summed E-state index contributed by atoms with van der Waals surface area (Å²) in [5.41, 5.74) is 4.37. The molecule has 1 N–H and O–H groups in total. The Hall–Kier alpha value is -2.47. The zero-order valence-electron chi connectivity index (χ0n) is 12.1. The molecule has 1 aromatic carbocycles. The molecule has 2 aromatic heterocycles. The lowest BCUT2D eigenvalue weighted by molar-refractivity contribution is 0.747. The monoisotopic (exact) mass is 309 g/mol. The van der Waals surface area contributed by atoms with Crippen LogP contribution in [0.5, 0.6) is 0 Å². The molecule has 1 aliphatic rings. The maximum absolute atomic E-state index is 4.82. The van der Waals surface area contributed by atoms with Crippen molar-refractivity contribution in [3.05, 3.63) is 66.4 Å². The molecule has 0 aliphatic carbocycles. The fourth-order valence-corrected chi connectivity index (χ4v) is 3.17. The summed E-state index contributed by atoms with van der Waals surface area (Å²) in [4.78, 5) is 9.03. The van der Waals surface area contributed by atoms with E-state index in [1.54, 1.807) is 18.3 Å². The molecule has 3 aromatic rings. The Morgan fingerprint density at radius 1 is 1.18 bits per heavy atom. The Balaban J connectivity index is 1.87. The molecule has 0 atom stereocenters. The number of para-hydroxylation sites is 2.